The van der Waals surface area contributed by atoms with Crippen LogP contribution in [0.1, 0.15) is 28.8 Å². The fourth-order valence-corrected chi connectivity index (χ4v) is 3.17. The number of aliphatic carboxylic acids is 1. The molecule has 2 aliphatic heterocycles. The Morgan fingerprint density at radius 3 is 2.68 bits per heavy atom. The third-order valence-corrected chi connectivity index (χ3v) is 4.81. The topological polar surface area (TPSA) is 160 Å². The Labute approximate surface area is 161 Å². The molecule has 1 aromatic carbocycles. The molecule has 0 bridgehead atoms. The van der Waals surface area contributed by atoms with Gasteiger partial charge in [0, 0.05) is 6.42 Å². The van der Waals surface area contributed by atoms with Gasteiger partial charge in [0.25, 0.3) is 0 Å². The molecule has 11 heteroatoms. The Morgan fingerprint density at radius 1 is 1.32 bits per heavy atom. The molecule has 0 radical (unpaired) electrons. The maximum Gasteiger partial charge on any atom is 0.522 e. The highest BCUT2D eigenvalue weighted by atomic mass is 16.5. The van der Waals surface area contributed by atoms with Crippen molar-refractivity contribution in [2.24, 2.45) is 5.73 Å². The van der Waals surface area contributed by atoms with Gasteiger partial charge >= 0.3 is 19.1 Å². The first-order chi connectivity index (χ1) is 13.3. The lowest BCUT2D eigenvalue weighted by molar-refractivity contribution is -0.141. The molecule has 2 heterocycles. The maximum atomic E-state index is 12.0. The van der Waals surface area contributed by atoms with Crippen molar-refractivity contribution in [3.63, 3.8) is 0 Å². The first-order valence-corrected chi connectivity index (χ1v) is 8.93. The van der Waals surface area contributed by atoms with Crippen LogP contribution in [0.5, 0.6) is 11.5 Å². The fraction of sp³-hybridized carbons (Fsp3) is 0.471. The molecule has 1 amide bonds. The van der Waals surface area contributed by atoms with Crippen LogP contribution in [0.15, 0.2) is 12.1 Å². The van der Waals surface area contributed by atoms with Crippen LogP contribution < -0.4 is 15.1 Å². The minimum Gasteiger partial charge on any atom is -0.535 e. The summed E-state index contributed by atoms with van der Waals surface area (Å²) in [4.78, 5) is 35.9. The molecule has 1 atom stereocenters. The number of likely N-dealkylation sites (tertiary alicyclic amines) is 1. The molecule has 28 heavy (non-hydrogen) atoms. The second kappa shape index (κ2) is 8.07. The van der Waals surface area contributed by atoms with Gasteiger partial charge in [0.05, 0.1) is 13.1 Å². The highest BCUT2D eigenvalue weighted by molar-refractivity contribution is 6.44. The molecule has 5 N–H and O–H groups in total. The molecule has 0 saturated carbocycles. The number of ether oxygens (including phenoxy) is 1. The van der Waals surface area contributed by atoms with Gasteiger partial charge in [-0.3, -0.25) is 9.59 Å². The summed E-state index contributed by atoms with van der Waals surface area (Å²) >= 11 is 0. The van der Waals surface area contributed by atoms with Crippen LogP contribution in [-0.2, 0) is 16.0 Å². The van der Waals surface area contributed by atoms with Crippen LogP contribution in [-0.4, -0.2) is 70.3 Å². The lowest BCUT2D eigenvalue weighted by atomic mass is 9.78. The number of hydrogen-bond acceptors (Lipinski definition) is 7. The van der Waals surface area contributed by atoms with E-state index < -0.39 is 25.1 Å². The number of aryl methyl sites for hydroxylation is 1. The lowest BCUT2D eigenvalue weighted by Gasteiger charge is -2.39. The second-order valence-corrected chi connectivity index (χ2v) is 6.87. The van der Waals surface area contributed by atoms with Crippen LogP contribution in [0, 0.1) is 0 Å². The Bertz CT molecular complexity index is 796. The number of carbonyl (C=O) groups is 3. The number of fused-ring (bicyclic) bond motifs is 1. The number of carboxylic acids is 2. The van der Waals surface area contributed by atoms with E-state index in [0.29, 0.717) is 18.3 Å². The molecule has 1 saturated heterocycles. The quantitative estimate of drug-likeness (QED) is 0.452. The molecule has 0 spiro atoms. The molecule has 1 aromatic rings. The van der Waals surface area contributed by atoms with Gasteiger partial charge in [0.2, 0.25) is 5.91 Å². The predicted octanol–water partition coefficient (Wildman–Crippen LogP) is -0.418. The summed E-state index contributed by atoms with van der Waals surface area (Å²) in [6, 6.07) is 2.18. The highest BCUT2D eigenvalue weighted by Gasteiger charge is 2.35. The summed E-state index contributed by atoms with van der Waals surface area (Å²) in [6.07, 6.45) is 0.565. The minimum absolute atomic E-state index is 0.0190. The zero-order valence-corrected chi connectivity index (χ0v) is 15.0. The van der Waals surface area contributed by atoms with E-state index in [-0.39, 0.29) is 55.0 Å². The van der Waals surface area contributed by atoms with Crippen molar-refractivity contribution in [2.75, 3.05) is 13.1 Å². The summed E-state index contributed by atoms with van der Waals surface area (Å²) in [5, 5.41) is 28.0. The van der Waals surface area contributed by atoms with Crippen LogP contribution in [0.3, 0.4) is 0 Å². The van der Waals surface area contributed by atoms with Crippen molar-refractivity contribution in [3.05, 3.63) is 23.3 Å². The summed E-state index contributed by atoms with van der Waals surface area (Å²) in [7, 11) is -1.06. The fourth-order valence-electron chi connectivity index (χ4n) is 3.17. The van der Waals surface area contributed by atoms with E-state index in [4.69, 9.17) is 20.2 Å². The third kappa shape index (κ3) is 4.20. The molecule has 10 nitrogen and oxygen atoms in total. The van der Waals surface area contributed by atoms with E-state index in [1.54, 1.807) is 12.1 Å². The average molecular weight is 392 g/mol. The molecule has 2 aliphatic rings. The Morgan fingerprint density at radius 2 is 2.04 bits per heavy atom. The number of carboxylic acid groups (broad SMARTS) is 2. The van der Waals surface area contributed by atoms with E-state index in [1.807, 2.05) is 0 Å². The van der Waals surface area contributed by atoms with E-state index in [1.165, 1.54) is 4.90 Å². The van der Waals surface area contributed by atoms with Gasteiger partial charge in [-0.1, -0.05) is 6.07 Å². The van der Waals surface area contributed by atoms with Crippen molar-refractivity contribution < 1.29 is 39.0 Å². The zero-order valence-electron chi connectivity index (χ0n) is 15.0. The van der Waals surface area contributed by atoms with Crippen LogP contribution in [0.2, 0.25) is 6.32 Å². The first-order valence-electron chi connectivity index (χ1n) is 8.93. The van der Waals surface area contributed by atoms with Crippen molar-refractivity contribution in [1.29, 1.82) is 0 Å². The smallest absolute Gasteiger partial charge is 0.522 e. The number of nitrogens with zero attached hydrogens (tertiary/aromatic N) is 1. The van der Waals surface area contributed by atoms with Crippen LogP contribution in [0.25, 0.3) is 0 Å². The Kier molecular flexibility index (Phi) is 5.75. The number of carbonyl (C=O) groups excluding carboxylic acids is 1. The molecule has 0 unspecified atom stereocenters. The van der Waals surface area contributed by atoms with Gasteiger partial charge in [-0.25, -0.2) is 4.79 Å². The van der Waals surface area contributed by atoms with Crippen molar-refractivity contribution >= 4 is 25.0 Å². The van der Waals surface area contributed by atoms with Gasteiger partial charge in [-0.15, -0.1) is 0 Å². The molecular weight excluding hydrogens is 371 g/mol. The summed E-state index contributed by atoms with van der Waals surface area (Å²) < 4.78 is 11.0. The standard InChI is InChI=1S/C17H21BN2O8/c19-11(16(22)23)2-4-13(21)20-7-10(8-20)27-12-3-1-9-5-6-18(26)28-15(9)14(12)17(24)25/h1,3,10-11,26H,2,4-8,19H2,(H,22,23)(H,24,25)/t11-/m0/s1. The van der Waals surface area contributed by atoms with Gasteiger partial charge in [-0.2, -0.15) is 0 Å². The Balaban J connectivity index is 1.60. The SMILES string of the molecule is N[C@@H](CCC(=O)N1CC(Oc2ccc3c(c2C(=O)O)OB(O)CC3)C1)C(=O)O. The lowest BCUT2D eigenvalue weighted by Crippen LogP contribution is -2.56. The highest BCUT2D eigenvalue weighted by Crippen LogP contribution is 2.37. The number of hydrogen-bond donors (Lipinski definition) is 4. The summed E-state index contributed by atoms with van der Waals surface area (Å²) in [5.74, 6) is -2.38. The van der Waals surface area contributed by atoms with E-state index in [9.17, 15) is 24.5 Å². The number of amides is 1. The molecule has 150 valence electrons. The third-order valence-electron chi connectivity index (χ3n) is 4.81. The second-order valence-electron chi connectivity index (χ2n) is 6.87. The van der Waals surface area contributed by atoms with Gasteiger partial charge < -0.3 is 35.3 Å². The van der Waals surface area contributed by atoms with E-state index in [0.717, 1.165) is 0 Å². The number of benzene rings is 1. The van der Waals surface area contributed by atoms with E-state index >= 15 is 0 Å². The van der Waals surface area contributed by atoms with Gasteiger partial charge in [0.1, 0.15) is 29.2 Å². The molecule has 1 fully saturated rings. The average Bonchev–Trinajstić information content (AvgIpc) is 2.60. The maximum absolute atomic E-state index is 12.0. The number of rotatable bonds is 7. The largest absolute Gasteiger partial charge is 0.535 e. The van der Waals surface area contributed by atoms with E-state index in [2.05, 4.69) is 0 Å². The molecular formula is C17H21BN2O8. The Hall–Kier alpha value is -2.79. The molecule has 3 rings (SSSR count). The zero-order chi connectivity index (χ0) is 20.4. The normalized spacial score (nSPS) is 17.2. The first kappa shape index (κ1) is 20.0. The van der Waals surface area contributed by atoms with Crippen molar-refractivity contribution in [1.82, 2.24) is 4.90 Å². The summed E-state index contributed by atoms with van der Waals surface area (Å²) in [5.41, 5.74) is 5.93. The monoisotopic (exact) mass is 392 g/mol. The summed E-state index contributed by atoms with van der Waals surface area (Å²) in [6.45, 7) is 0.529. The minimum atomic E-state index is -1.23. The van der Waals surface area contributed by atoms with Gasteiger partial charge in [0.15, 0.2) is 0 Å². The number of nitrogens with two attached hydrogens (primary N) is 1. The molecule has 0 aliphatic carbocycles. The predicted molar refractivity (Wildman–Crippen MR) is 96.4 cm³/mol. The van der Waals surface area contributed by atoms with Crippen LogP contribution >= 0.6 is 0 Å². The van der Waals surface area contributed by atoms with Crippen LogP contribution in [0.4, 0.5) is 0 Å². The van der Waals surface area contributed by atoms with Crippen molar-refractivity contribution in [3.8, 4) is 11.5 Å². The molecule has 0 aromatic heterocycles. The number of aromatic carboxylic acids is 1. The van der Waals surface area contributed by atoms with Crippen molar-refractivity contribution in [2.45, 2.75) is 37.7 Å². The van der Waals surface area contributed by atoms with Gasteiger partial charge in [-0.05, 0) is 30.8 Å².